The second kappa shape index (κ2) is 11.3. The smallest absolute Gasteiger partial charge is 0.350 e. The Morgan fingerprint density at radius 1 is 1.08 bits per heavy atom. The fourth-order valence-electron chi connectivity index (χ4n) is 5.51. The van der Waals surface area contributed by atoms with Crippen LogP contribution in [0, 0.1) is 11.8 Å². The molecule has 0 radical (unpaired) electrons. The van der Waals surface area contributed by atoms with Gasteiger partial charge < -0.3 is 20.2 Å². The summed E-state index contributed by atoms with van der Waals surface area (Å²) in [5.41, 5.74) is 15.1. The molecule has 208 valence electrons. The Bertz CT molecular complexity index is 1440. The van der Waals surface area contributed by atoms with E-state index in [0.717, 1.165) is 24.9 Å². The number of anilines is 1. The summed E-state index contributed by atoms with van der Waals surface area (Å²) in [7, 11) is 1.82. The average Bonchev–Trinajstić information content (AvgIpc) is 3.64. The molecule has 5 rings (SSSR count). The standard InChI is InChI=1S/C23H26Br4N10O2/c1-37-15(4-11(25)19(37)27)21(39)30-5-8-2-12-17(36-23(29)34-12)16(14-7-32-22(28)35-14)9(8)6-31-20(38)13-3-10(24)18(26)33-13/h3-4,8-9,14,16,33H,2,5-7H2,1H3,(H,30,39)(H,31,38)(H3,28,32,35)(H3,29,34,36)/p+2/t8-,9-,14?,16-/m1/s1. The van der Waals surface area contributed by atoms with Gasteiger partial charge in [0.1, 0.15) is 28.8 Å². The predicted molar refractivity (Wildman–Crippen MR) is 159 cm³/mol. The van der Waals surface area contributed by atoms with Gasteiger partial charge in [-0.3, -0.25) is 31.4 Å². The van der Waals surface area contributed by atoms with E-state index in [2.05, 4.69) is 99.6 Å². The Morgan fingerprint density at radius 2 is 1.82 bits per heavy atom. The molecular weight excluding hydrogens is 768 g/mol. The molecule has 1 aliphatic carbocycles. The first-order chi connectivity index (χ1) is 18.5. The summed E-state index contributed by atoms with van der Waals surface area (Å²) in [4.78, 5) is 39.0. The zero-order valence-electron chi connectivity index (χ0n) is 20.7. The molecule has 0 aromatic carbocycles. The number of halogens is 4. The van der Waals surface area contributed by atoms with Crippen LogP contribution in [0.4, 0.5) is 5.95 Å². The van der Waals surface area contributed by atoms with E-state index in [1.54, 1.807) is 16.7 Å². The first-order valence-electron chi connectivity index (χ1n) is 12.2. The molecule has 1 unspecified atom stereocenters. The van der Waals surface area contributed by atoms with Crippen molar-refractivity contribution in [1.29, 1.82) is 0 Å². The number of hydrogen-bond acceptors (Lipinski definition) is 5. The molecule has 0 spiro atoms. The fraction of sp³-hybridized carbons (Fsp3) is 0.391. The third-order valence-corrected chi connectivity index (χ3v) is 11.3. The van der Waals surface area contributed by atoms with E-state index in [-0.39, 0.29) is 35.6 Å². The van der Waals surface area contributed by atoms with E-state index in [1.807, 2.05) is 7.05 Å². The van der Waals surface area contributed by atoms with Crippen molar-refractivity contribution in [2.24, 2.45) is 24.6 Å². The second-order valence-electron chi connectivity index (χ2n) is 9.75. The highest BCUT2D eigenvalue weighted by Gasteiger charge is 2.47. The van der Waals surface area contributed by atoms with Crippen molar-refractivity contribution in [2.75, 3.05) is 25.4 Å². The summed E-state index contributed by atoms with van der Waals surface area (Å²) < 4.78 is 4.81. The van der Waals surface area contributed by atoms with Gasteiger partial charge in [-0.15, -0.1) is 0 Å². The third-order valence-electron chi connectivity index (χ3n) is 7.38. The molecule has 0 saturated heterocycles. The van der Waals surface area contributed by atoms with E-state index >= 15 is 0 Å². The monoisotopic (exact) mass is 792 g/mol. The molecule has 0 fully saturated rings. The minimum Gasteiger partial charge on any atom is -0.350 e. The van der Waals surface area contributed by atoms with E-state index in [0.29, 0.717) is 54.0 Å². The maximum absolute atomic E-state index is 13.2. The van der Waals surface area contributed by atoms with Crippen molar-refractivity contribution in [3.63, 3.8) is 0 Å². The molecule has 2 amide bonds. The van der Waals surface area contributed by atoms with Crippen molar-refractivity contribution in [3.8, 4) is 0 Å². The molecule has 0 saturated carbocycles. The fourth-order valence-corrected chi connectivity index (χ4v) is 6.95. The van der Waals surface area contributed by atoms with Crippen LogP contribution in [0.15, 0.2) is 30.3 Å². The number of H-pyrrole nitrogens is 3. The minimum absolute atomic E-state index is 0.0175. The first kappa shape index (κ1) is 28.2. The third kappa shape index (κ3) is 5.65. The summed E-state index contributed by atoms with van der Waals surface area (Å²) in [5, 5.41) is 9.55. The van der Waals surface area contributed by atoms with Crippen LogP contribution < -0.4 is 37.4 Å². The van der Waals surface area contributed by atoms with Gasteiger partial charge in [-0.1, -0.05) is 0 Å². The summed E-state index contributed by atoms with van der Waals surface area (Å²) in [5.74, 6) is 0.380. The number of amides is 2. The van der Waals surface area contributed by atoms with E-state index < -0.39 is 0 Å². The van der Waals surface area contributed by atoms with Crippen molar-refractivity contribution < 1.29 is 19.6 Å². The average molecular weight is 796 g/mol. The topological polar surface area (TPSA) is 187 Å². The molecule has 12 nitrogen and oxygen atoms in total. The maximum Gasteiger partial charge on any atom is 0.350 e. The van der Waals surface area contributed by atoms with Crippen LogP contribution in [-0.4, -0.2) is 58.0 Å². The molecule has 3 aromatic heterocycles. The molecule has 1 aliphatic heterocycles. The summed E-state index contributed by atoms with van der Waals surface area (Å²) >= 11 is 13.7. The van der Waals surface area contributed by atoms with Crippen LogP contribution >= 0.6 is 63.7 Å². The van der Waals surface area contributed by atoms with Gasteiger partial charge in [0.05, 0.1) is 30.6 Å². The van der Waals surface area contributed by atoms with Gasteiger partial charge in [0, 0.05) is 26.6 Å². The highest BCUT2D eigenvalue weighted by molar-refractivity contribution is 9.13. The van der Waals surface area contributed by atoms with Gasteiger partial charge in [0.25, 0.3) is 11.8 Å². The van der Waals surface area contributed by atoms with Gasteiger partial charge in [-0.2, -0.15) is 0 Å². The van der Waals surface area contributed by atoms with Crippen molar-refractivity contribution in [1.82, 2.24) is 30.5 Å². The molecule has 0 bridgehead atoms. The highest BCUT2D eigenvalue weighted by Crippen LogP contribution is 2.40. The quantitative estimate of drug-likeness (QED) is 0.170. The zero-order chi connectivity index (χ0) is 28.0. The number of aromatic amines is 3. The molecule has 16 heteroatoms. The number of guanidine groups is 1. The molecule has 4 heterocycles. The van der Waals surface area contributed by atoms with Crippen LogP contribution in [0.3, 0.4) is 0 Å². The van der Waals surface area contributed by atoms with E-state index in [9.17, 15) is 9.59 Å². The number of hydrogen-bond donors (Lipinski definition) is 8. The van der Waals surface area contributed by atoms with Gasteiger partial charge in [-0.25, -0.2) is 9.97 Å². The predicted octanol–water partition coefficient (Wildman–Crippen LogP) is 0.227. The Hall–Kier alpha value is -2.30. The number of imidazole rings is 1. The number of nitrogens with one attached hydrogen (secondary N) is 7. The summed E-state index contributed by atoms with van der Waals surface area (Å²) in [6.07, 6.45) is 0.639. The normalized spacial score (nSPS) is 22.2. The Morgan fingerprint density at radius 3 is 2.44 bits per heavy atom. The summed E-state index contributed by atoms with van der Waals surface area (Å²) in [6, 6.07) is 3.45. The van der Waals surface area contributed by atoms with E-state index in [1.165, 1.54) is 0 Å². The SMILES string of the molecule is Cn1c(C(=O)NC[C@H]2Cc3[nH]c(N)[nH+]c3[C@@H](C3C[NH+]=C(N)N3)[C@@H]2CNC(=O)c2cc(Br)c(Br)[nH]2)cc(Br)c1Br. The lowest BCUT2D eigenvalue weighted by atomic mass is 9.69. The van der Waals surface area contributed by atoms with Crippen LogP contribution in [-0.2, 0) is 13.5 Å². The van der Waals surface area contributed by atoms with Crippen molar-refractivity contribution >= 4 is 87.4 Å². The lowest BCUT2D eigenvalue weighted by Gasteiger charge is -2.38. The van der Waals surface area contributed by atoms with Crippen LogP contribution in [0.5, 0.6) is 0 Å². The second-order valence-corrected chi connectivity index (χ2v) is 13.0. The largest absolute Gasteiger partial charge is 0.350 e. The number of nitrogens with two attached hydrogens (primary N) is 2. The molecular formula is C23H28Br4N10O2+2. The minimum atomic E-state index is -0.228. The van der Waals surface area contributed by atoms with Crippen LogP contribution in [0.25, 0.3) is 0 Å². The first-order valence-corrected chi connectivity index (χ1v) is 15.3. The lowest BCUT2D eigenvalue weighted by Crippen LogP contribution is -2.73. The highest BCUT2D eigenvalue weighted by atomic mass is 79.9. The number of fused-ring (bicyclic) bond motifs is 1. The summed E-state index contributed by atoms with van der Waals surface area (Å²) in [6.45, 7) is 1.38. The number of nitrogen functional groups attached to an aromatic ring is 1. The Balaban J connectivity index is 1.41. The van der Waals surface area contributed by atoms with Gasteiger partial charge in [0.2, 0.25) is 0 Å². The lowest BCUT2D eigenvalue weighted by molar-refractivity contribution is -0.452. The molecule has 39 heavy (non-hydrogen) atoms. The Kier molecular flexibility index (Phi) is 8.18. The van der Waals surface area contributed by atoms with Crippen LogP contribution in [0.2, 0.25) is 0 Å². The maximum atomic E-state index is 13.2. The van der Waals surface area contributed by atoms with Gasteiger partial charge in [0.15, 0.2) is 0 Å². The Labute approximate surface area is 257 Å². The van der Waals surface area contributed by atoms with Crippen molar-refractivity contribution in [2.45, 2.75) is 18.4 Å². The van der Waals surface area contributed by atoms with Gasteiger partial charge in [-0.05, 0) is 87.7 Å². The molecule has 4 atom stereocenters. The number of nitrogens with zero attached hydrogens (tertiary/aromatic N) is 1. The number of aromatic nitrogens is 4. The number of rotatable bonds is 7. The van der Waals surface area contributed by atoms with Crippen molar-refractivity contribution in [3.05, 3.63) is 53.1 Å². The zero-order valence-corrected chi connectivity index (χ0v) is 27.1. The van der Waals surface area contributed by atoms with Gasteiger partial charge >= 0.3 is 11.9 Å². The number of carbonyl (C=O) groups is 2. The van der Waals surface area contributed by atoms with Crippen LogP contribution in [0.1, 0.15) is 38.3 Å². The molecule has 2 aliphatic rings. The molecule has 11 N–H and O–H groups in total. The molecule has 3 aromatic rings. The van der Waals surface area contributed by atoms with E-state index in [4.69, 9.17) is 11.5 Å². The number of carbonyl (C=O) groups excluding carboxylic acids is 2.